The number of anilines is 3. The van der Waals surface area contributed by atoms with Gasteiger partial charge in [0.25, 0.3) is 23.3 Å². The molecule has 4 aromatic rings. The molecule has 8 rings (SSSR count). The van der Waals surface area contributed by atoms with Crippen LogP contribution >= 0.6 is 11.6 Å². The number of carbonyl (C=O) groups excluding carboxylic acids is 5. The fourth-order valence-electron chi connectivity index (χ4n) is 8.54. The number of imide groups is 2. The Morgan fingerprint density at radius 2 is 1.71 bits per heavy atom. The molecule has 0 radical (unpaired) electrons. The van der Waals surface area contributed by atoms with Gasteiger partial charge in [-0.15, -0.1) is 0 Å². The monoisotopic (exact) mass is 869 g/mol. The van der Waals surface area contributed by atoms with E-state index in [-0.39, 0.29) is 72.1 Å². The molecule has 1 unspecified atom stereocenters. The van der Waals surface area contributed by atoms with Crippen LogP contribution in [0, 0.1) is 0 Å². The number of amides is 5. The Labute approximate surface area is 361 Å². The summed E-state index contributed by atoms with van der Waals surface area (Å²) in [7, 11) is 3.51. The standard InChI is InChI=1S/C43H48ClN9O9/c1-23(2)52-33-8-5-25(15-24(33)16-35(42(52)59)60-22-37(55)45-3)47-38-32(44)19-46-43(49-38)51-13-11-26(12-14-51)61-28-17-29(21-50(4)20-28)62-27-6-7-30-31(18-27)41(58)53(40(30)57)34-9-10-36(54)48-39(34)56/h5-8,15-16,18-19,23,26,28-29,34H,9-14,17,20-22H2,1-4H3,(H,45,55)(H,46,47,49)(H,48,54,56)/t28-,29+,34?/m1/s1. The Hall–Kier alpha value is -6.11. The molecule has 2 aromatic heterocycles. The molecular weight excluding hydrogens is 822 g/mol. The van der Waals surface area contributed by atoms with E-state index in [9.17, 15) is 28.8 Å². The number of aromatic nitrogens is 3. The SMILES string of the molecule is CNC(=O)COc1cc2cc(Nc3nc(N4CCC(O[C@@H]5C[C@H](Oc6ccc7c(c6)C(=O)N(C6CCC(=O)NC6=O)C7=O)CN(C)C5)CC4)ncc3Cl)ccc2n(C(C)C)c1=O. The Bertz CT molecular complexity index is 2510. The van der Waals surface area contributed by atoms with E-state index >= 15 is 0 Å². The van der Waals surface area contributed by atoms with Gasteiger partial charge in [-0.05, 0) is 82.6 Å². The van der Waals surface area contributed by atoms with Crippen molar-refractivity contribution < 1.29 is 38.2 Å². The maximum absolute atomic E-state index is 13.4. The second kappa shape index (κ2) is 17.7. The first kappa shape index (κ1) is 42.6. The molecule has 0 saturated carbocycles. The molecule has 18 nitrogen and oxygen atoms in total. The lowest BCUT2D eigenvalue weighted by atomic mass is 10.0. The second-order valence-electron chi connectivity index (χ2n) is 16.3. The molecule has 6 heterocycles. The molecule has 3 atom stereocenters. The van der Waals surface area contributed by atoms with Crippen molar-refractivity contribution in [3.8, 4) is 11.5 Å². The number of nitrogens with one attached hydrogen (secondary N) is 3. The molecule has 62 heavy (non-hydrogen) atoms. The lowest BCUT2D eigenvalue weighted by Crippen LogP contribution is -2.54. The van der Waals surface area contributed by atoms with Gasteiger partial charge in [0.05, 0.1) is 35.0 Å². The molecule has 19 heteroatoms. The Morgan fingerprint density at radius 1 is 0.952 bits per heavy atom. The van der Waals surface area contributed by atoms with Gasteiger partial charge in [-0.3, -0.25) is 39.0 Å². The number of likely N-dealkylation sites (tertiary alicyclic amines) is 1. The van der Waals surface area contributed by atoms with Crippen LogP contribution in [0.4, 0.5) is 17.5 Å². The molecule has 2 aromatic carbocycles. The average Bonchev–Trinajstić information content (AvgIpc) is 3.48. The van der Waals surface area contributed by atoms with E-state index in [2.05, 4.69) is 30.7 Å². The summed E-state index contributed by atoms with van der Waals surface area (Å²) in [6.45, 7) is 6.22. The topological polar surface area (TPSA) is 207 Å². The van der Waals surface area contributed by atoms with E-state index in [1.807, 2.05) is 39.1 Å². The van der Waals surface area contributed by atoms with Gasteiger partial charge in [0.15, 0.2) is 18.2 Å². The number of piperidine rings is 3. The molecule has 0 bridgehead atoms. The summed E-state index contributed by atoms with van der Waals surface area (Å²) in [5.74, 6) is -1.12. The Morgan fingerprint density at radius 3 is 2.45 bits per heavy atom. The predicted molar refractivity (Wildman–Crippen MR) is 228 cm³/mol. The van der Waals surface area contributed by atoms with Crippen LogP contribution in [-0.2, 0) is 19.1 Å². The maximum Gasteiger partial charge on any atom is 0.293 e. The zero-order valence-corrected chi connectivity index (χ0v) is 35.6. The first-order chi connectivity index (χ1) is 29.8. The van der Waals surface area contributed by atoms with Gasteiger partial charge in [-0.1, -0.05) is 11.6 Å². The molecule has 3 N–H and O–H groups in total. The van der Waals surface area contributed by atoms with E-state index in [1.165, 1.54) is 7.05 Å². The van der Waals surface area contributed by atoms with Gasteiger partial charge in [-0.2, -0.15) is 4.98 Å². The van der Waals surface area contributed by atoms with Gasteiger partial charge in [0.1, 0.15) is 22.9 Å². The van der Waals surface area contributed by atoms with Crippen LogP contribution in [-0.4, -0.2) is 125 Å². The predicted octanol–water partition coefficient (Wildman–Crippen LogP) is 3.43. The lowest BCUT2D eigenvalue weighted by molar-refractivity contribution is -0.136. The quantitative estimate of drug-likeness (QED) is 0.175. The van der Waals surface area contributed by atoms with E-state index < -0.39 is 29.7 Å². The van der Waals surface area contributed by atoms with E-state index in [0.29, 0.717) is 59.8 Å². The number of rotatable bonds is 12. The summed E-state index contributed by atoms with van der Waals surface area (Å²) in [5.41, 5.74) is 1.43. The molecule has 3 saturated heterocycles. The van der Waals surface area contributed by atoms with E-state index in [1.54, 1.807) is 35.0 Å². The normalized spacial score (nSPS) is 21.0. The van der Waals surface area contributed by atoms with Crippen LogP contribution in [0.5, 0.6) is 11.5 Å². The molecule has 326 valence electrons. The second-order valence-corrected chi connectivity index (χ2v) is 16.7. The highest BCUT2D eigenvalue weighted by atomic mass is 35.5. The molecule has 3 fully saturated rings. The number of hydrogen-bond donors (Lipinski definition) is 3. The first-order valence-electron chi connectivity index (χ1n) is 20.7. The highest BCUT2D eigenvalue weighted by Gasteiger charge is 2.45. The van der Waals surface area contributed by atoms with Gasteiger partial charge in [0, 0.05) is 63.2 Å². The zero-order chi connectivity index (χ0) is 43.8. The minimum Gasteiger partial charge on any atom is -0.489 e. The van der Waals surface area contributed by atoms with Crippen molar-refractivity contribution in [2.24, 2.45) is 0 Å². The summed E-state index contributed by atoms with van der Waals surface area (Å²) in [6, 6.07) is 10.8. The fourth-order valence-corrected chi connectivity index (χ4v) is 8.68. The minimum absolute atomic E-state index is 0.00116. The van der Waals surface area contributed by atoms with Crippen molar-refractivity contribution in [3.63, 3.8) is 0 Å². The molecule has 0 spiro atoms. The van der Waals surface area contributed by atoms with Crippen LogP contribution in [0.2, 0.25) is 5.02 Å². The van der Waals surface area contributed by atoms with Crippen LogP contribution in [0.3, 0.4) is 0 Å². The summed E-state index contributed by atoms with van der Waals surface area (Å²) < 4.78 is 20.3. The smallest absolute Gasteiger partial charge is 0.293 e. The number of nitrogens with zero attached hydrogens (tertiary/aromatic N) is 6. The van der Waals surface area contributed by atoms with Gasteiger partial charge in [-0.25, -0.2) is 4.98 Å². The molecular formula is C43H48ClN9O9. The van der Waals surface area contributed by atoms with Crippen LogP contribution in [0.1, 0.15) is 72.7 Å². The highest BCUT2D eigenvalue weighted by Crippen LogP contribution is 2.33. The number of likely N-dealkylation sites (N-methyl/N-ethyl adjacent to an activating group) is 2. The van der Waals surface area contributed by atoms with Crippen molar-refractivity contribution in [1.29, 1.82) is 0 Å². The van der Waals surface area contributed by atoms with E-state index in [0.717, 1.165) is 29.7 Å². The van der Waals surface area contributed by atoms with Gasteiger partial charge >= 0.3 is 0 Å². The zero-order valence-electron chi connectivity index (χ0n) is 34.8. The third kappa shape index (κ3) is 8.80. The van der Waals surface area contributed by atoms with Crippen LogP contribution in [0.15, 0.2) is 53.5 Å². The van der Waals surface area contributed by atoms with Crippen LogP contribution in [0.25, 0.3) is 10.9 Å². The number of carbonyl (C=O) groups is 5. The molecule has 4 aliphatic rings. The summed E-state index contributed by atoms with van der Waals surface area (Å²) in [4.78, 5) is 90.2. The third-order valence-electron chi connectivity index (χ3n) is 11.5. The molecule has 0 aliphatic carbocycles. The van der Waals surface area contributed by atoms with Crippen molar-refractivity contribution in [2.45, 2.75) is 76.3 Å². The summed E-state index contributed by atoms with van der Waals surface area (Å²) >= 11 is 6.59. The minimum atomic E-state index is -1.04. The first-order valence-corrected chi connectivity index (χ1v) is 21.1. The van der Waals surface area contributed by atoms with Gasteiger partial charge in [0.2, 0.25) is 17.8 Å². The summed E-state index contributed by atoms with van der Waals surface area (Å²) in [6.07, 6.45) is 3.48. The fraction of sp³-hybridized carbons (Fsp3) is 0.442. The summed E-state index contributed by atoms with van der Waals surface area (Å²) in [5, 5.41) is 9.08. The largest absolute Gasteiger partial charge is 0.489 e. The Kier molecular flexibility index (Phi) is 12.2. The average molecular weight is 870 g/mol. The van der Waals surface area contributed by atoms with Crippen molar-refractivity contribution in [3.05, 3.63) is 75.2 Å². The maximum atomic E-state index is 13.4. The third-order valence-corrected chi connectivity index (χ3v) is 11.8. The number of hydrogen-bond acceptors (Lipinski definition) is 14. The van der Waals surface area contributed by atoms with Crippen molar-refractivity contribution in [2.75, 3.05) is 57.1 Å². The molecule has 5 amide bonds. The van der Waals surface area contributed by atoms with Crippen molar-refractivity contribution in [1.82, 2.24) is 35.0 Å². The number of fused-ring (bicyclic) bond motifs is 2. The number of benzene rings is 2. The van der Waals surface area contributed by atoms with Crippen molar-refractivity contribution >= 4 is 69.5 Å². The van der Waals surface area contributed by atoms with Crippen LogP contribution < -0.4 is 35.9 Å². The molecule has 4 aliphatic heterocycles. The number of pyridine rings is 1. The van der Waals surface area contributed by atoms with E-state index in [4.69, 9.17) is 30.8 Å². The number of ether oxygens (including phenoxy) is 3. The number of halogens is 1. The highest BCUT2D eigenvalue weighted by molar-refractivity contribution is 6.33. The Balaban J connectivity index is 0.876. The van der Waals surface area contributed by atoms with Gasteiger partial charge < -0.3 is 39.2 Å². The lowest BCUT2D eigenvalue weighted by Gasteiger charge is -2.39.